The Morgan fingerprint density at radius 2 is 1.81 bits per heavy atom. The van der Waals surface area contributed by atoms with Crippen molar-refractivity contribution in [2.45, 2.75) is 6.36 Å². The second-order valence-electron chi connectivity index (χ2n) is 5.23. The highest BCUT2D eigenvalue weighted by Crippen LogP contribution is 2.30. The molecule has 0 fully saturated rings. The molecule has 0 saturated heterocycles. The number of ether oxygens (including phenoxy) is 2. The Morgan fingerprint density at radius 1 is 1.08 bits per heavy atom. The first kappa shape index (κ1) is 20.2. The van der Waals surface area contributed by atoms with Gasteiger partial charge in [-0.15, -0.1) is 24.5 Å². The quantitative estimate of drug-likeness (QED) is 0.648. The molecule has 0 saturated carbocycles. The maximum Gasteiger partial charge on any atom is 0.573 e. The van der Waals surface area contributed by atoms with Crippen molar-refractivity contribution >= 4 is 17.2 Å². The van der Waals surface area contributed by atoms with Gasteiger partial charge in [-0.2, -0.15) is 0 Å². The summed E-state index contributed by atoms with van der Waals surface area (Å²) in [7, 11) is 1.62. The third-order valence-electron chi connectivity index (χ3n) is 3.27. The maximum absolute atomic E-state index is 12.2. The molecule has 26 heavy (non-hydrogen) atoms. The highest BCUT2D eigenvalue weighted by atomic mass is 32.1. The SMILES string of the molecule is COCCNCCNC(=O)c1ccc(-c2ccc(OC(F)(F)F)cc2)s1. The van der Waals surface area contributed by atoms with Crippen LogP contribution in [0.3, 0.4) is 0 Å². The lowest BCUT2D eigenvalue weighted by Crippen LogP contribution is -2.32. The minimum atomic E-state index is -4.71. The summed E-state index contributed by atoms with van der Waals surface area (Å²) in [5, 5.41) is 5.92. The van der Waals surface area contributed by atoms with E-state index in [1.54, 1.807) is 19.2 Å². The van der Waals surface area contributed by atoms with Crippen molar-refractivity contribution in [2.24, 2.45) is 0 Å². The van der Waals surface area contributed by atoms with Crippen molar-refractivity contribution in [1.29, 1.82) is 0 Å². The van der Waals surface area contributed by atoms with Gasteiger partial charge >= 0.3 is 6.36 Å². The van der Waals surface area contributed by atoms with Gasteiger partial charge in [-0.05, 0) is 42.0 Å². The molecule has 5 nitrogen and oxygen atoms in total. The van der Waals surface area contributed by atoms with Crippen LogP contribution in [0.4, 0.5) is 13.2 Å². The van der Waals surface area contributed by atoms with Gasteiger partial charge in [0.25, 0.3) is 5.91 Å². The average molecular weight is 388 g/mol. The number of rotatable bonds is 9. The van der Waals surface area contributed by atoms with Crippen molar-refractivity contribution in [3.63, 3.8) is 0 Å². The summed E-state index contributed by atoms with van der Waals surface area (Å²) < 4.78 is 45.3. The fourth-order valence-electron chi connectivity index (χ4n) is 2.09. The van der Waals surface area contributed by atoms with Gasteiger partial charge in [0.15, 0.2) is 0 Å². The Labute approximate surface area is 153 Å². The first-order chi connectivity index (χ1) is 12.4. The molecule has 0 unspecified atom stereocenters. The van der Waals surface area contributed by atoms with Crippen LogP contribution < -0.4 is 15.4 Å². The molecule has 9 heteroatoms. The van der Waals surface area contributed by atoms with Gasteiger partial charge in [0.05, 0.1) is 11.5 Å². The molecule has 2 N–H and O–H groups in total. The monoisotopic (exact) mass is 388 g/mol. The Kier molecular flexibility index (Phi) is 7.43. The van der Waals surface area contributed by atoms with Gasteiger partial charge in [-0.3, -0.25) is 4.79 Å². The fraction of sp³-hybridized carbons (Fsp3) is 0.353. The lowest BCUT2D eigenvalue weighted by molar-refractivity contribution is -0.274. The lowest BCUT2D eigenvalue weighted by Gasteiger charge is -2.08. The van der Waals surface area contributed by atoms with Gasteiger partial charge < -0.3 is 20.1 Å². The van der Waals surface area contributed by atoms with Crippen molar-refractivity contribution < 1.29 is 27.4 Å². The van der Waals surface area contributed by atoms with Gasteiger partial charge in [0.1, 0.15) is 5.75 Å². The summed E-state index contributed by atoms with van der Waals surface area (Å²) in [6.07, 6.45) is -4.71. The van der Waals surface area contributed by atoms with Crippen LogP contribution in [-0.2, 0) is 4.74 Å². The van der Waals surface area contributed by atoms with Crippen LogP contribution in [0.25, 0.3) is 10.4 Å². The molecular weight excluding hydrogens is 369 g/mol. The molecule has 0 spiro atoms. The van der Waals surface area contributed by atoms with E-state index >= 15 is 0 Å². The highest BCUT2D eigenvalue weighted by Gasteiger charge is 2.30. The first-order valence-electron chi connectivity index (χ1n) is 7.83. The number of thiophene rings is 1. The van der Waals surface area contributed by atoms with Crippen LogP contribution in [0.2, 0.25) is 0 Å². The van der Waals surface area contributed by atoms with Crippen molar-refractivity contribution in [3.8, 4) is 16.2 Å². The van der Waals surface area contributed by atoms with Crippen molar-refractivity contribution in [3.05, 3.63) is 41.3 Å². The zero-order chi connectivity index (χ0) is 19.0. The van der Waals surface area contributed by atoms with E-state index in [1.807, 2.05) is 0 Å². The van der Waals surface area contributed by atoms with Crippen LogP contribution in [-0.4, -0.2) is 45.6 Å². The van der Waals surface area contributed by atoms with Crippen LogP contribution in [0, 0.1) is 0 Å². The van der Waals surface area contributed by atoms with Gasteiger partial charge in [0.2, 0.25) is 0 Å². The summed E-state index contributed by atoms with van der Waals surface area (Å²) in [6, 6.07) is 8.98. The number of nitrogens with one attached hydrogen (secondary N) is 2. The van der Waals surface area contributed by atoms with Gasteiger partial charge in [-0.1, -0.05) is 0 Å². The predicted octanol–water partition coefficient (Wildman–Crippen LogP) is 3.28. The zero-order valence-electron chi connectivity index (χ0n) is 14.1. The van der Waals surface area contributed by atoms with E-state index in [1.165, 1.54) is 35.6 Å². The summed E-state index contributed by atoms with van der Waals surface area (Å²) >= 11 is 1.27. The number of halogens is 3. The minimum absolute atomic E-state index is 0.188. The summed E-state index contributed by atoms with van der Waals surface area (Å²) in [4.78, 5) is 13.4. The average Bonchev–Trinajstić information content (AvgIpc) is 3.07. The molecule has 1 aromatic carbocycles. The summed E-state index contributed by atoms with van der Waals surface area (Å²) in [6.45, 7) is 2.44. The van der Waals surface area contributed by atoms with E-state index < -0.39 is 6.36 Å². The number of methoxy groups -OCH3 is 1. The molecule has 142 valence electrons. The highest BCUT2D eigenvalue weighted by molar-refractivity contribution is 7.17. The molecular formula is C17H19F3N2O3S. The van der Waals surface area contributed by atoms with E-state index in [2.05, 4.69) is 15.4 Å². The fourth-order valence-corrected chi connectivity index (χ4v) is 3.01. The van der Waals surface area contributed by atoms with E-state index in [-0.39, 0.29) is 11.7 Å². The Morgan fingerprint density at radius 3 is 2.46 bits per heavy atom. The van der Waals surface area contributed by atoms with E-state index in [0.29, 0.717) is 36.7 Å². The molecule has 0 aliphatic heterocycles. The van der Waals surface area contributed by atoms with Crippen molar-refractivity contribution in [1.82, 2.24) is 10.6 Å². The maximum atomic E-state index is 12.2. The normalized spacial score (nSPS) is 11.4. The molecule has 1 amide bonds. The van der Waals surface area contributed by atoms with Crippen molar-refractivity contribution in [2.75, 3.05) is 33.4 Å². The molecule has 1 aromatic heterocycles. The Bertz CT molecular complexity index is 702. The smallest absolute Gasteiger partial charge is 0.406 e. The number of hydrogen-bond donors (Lipinski definition) is 2. The van der Waals surface area contributed by atoms with E-state index in [4.69, 9.17) is 4.74 Å². The molecule has 0 aliphatic rings. The zero-order valence-corrected chi connectivity index (χ0v) is 14.9. The molecule has 2 rings (SSSR count). The van der Waals surface area contributed by atoms with Crippen LogP contribution >= 0.6 is 11.3 Å². The number of carbonyl (C=O) groups excluding carboxylic acids is 1. The van der Waals surface area contributed by atoms with E-state index in [0.717, 1.165) is 4.88 Å². The van der Waals surface area contributed by atoms with Crippen LogP contribution in [0.15, 0.2) is 36.4 Å². The van der Waals surface area contributed by atoms with Gasteiger partial charge in [0, 0.05) is 31.6 Å². The molecule has 1 heterocycles. The standard InChI is InChI=1S/C17H19F3N2O3S/c1-24-11-10-21-8-9-22-16(23)15-7-6-14(26-15)12-2-4-13(5-3-12)25-17(18,19)20/h2-7,21H,8-11H2,1H3,(H,22,23). The summed E-state index contributed by atoms with van der Waals surface area (Å²) in [5.41, 5.74) is 0.713. The van der Waals surface area contributed by atoms with E-state index in [9.17, 15) is 18.0 Å². The van der Waals surface area contributed by atoms with Crippen LogP contribution in [0.5, 0.6) is 5.75 Å². The number of carbonyl (C=O) groups is 1. The molecule has 0 aliphatic carbocycles. The molecule has 0 atom stereocenters. The third-order valence-corrected chi connectivity index (χ3v) is 4.41. The topological polar surface area (TPSA) is 59.6 Å². The molecule has 0 bridgehead atoms. The Hall–Kier alpha value is -2.10. The predicted molar refractivity (Wildman–Crippen MR) is 93.5 cm³/mol. The largest absolute Gasteiger partial charge is 0.573 e. The first-order valence-corrected chi connectivity index (χ1v) is 8.64. The molecule has 0 radical (unpaired) electrons. The number of alkyl halides is 3. The second-order valence-corrected chi connectivity index (χ2v) is 6.32. The molecule has 2 aromatic rings. The number of benzene rings is 1. The summed E-state index contributed by atoms with van der Waals surface area (Å²) in [5.74, 6) is -0.469. The second kappa shape index (κ2) is 9.56. The third kappa shape index (κ3) is 6.66. The Balaban J connectivity index is 1.87. The van der Waals surface area contributed by atoms with Gasteiger partial charge in [-0.25, -0.2) is 0 Å². The number of amides is 1. The lowest BCUT2D eigenvalue weighted by atomic mass is 10.2. The minimum Gasteiger partial charge on any atom is -0.406 e. The van der Waals surface area contributed by atoms with Crippen LogP contribution in [0.1, 0.15) is 9.67 Å². The number of hydrogen-bond acceptors (Lipinski definition) is 5.